The maximum absolute atomic E-state index is 10.9. The van der Waals surface area contributed by atoms with E-state index in [0.29, 0.717) is 16.5 Å². The number of halogens is 1. The number of aromatic carboxylic acids is 1. The van der Waals surface area contributed by atoms with Crippen molar-refractivity contribution in [3.05, 3.63) is 58.6 Å². The van der Waals surface area contributed by atoms with Crippen molar-refractivity contribution in [2.24, 2.45) is 0 Å². The second kappa shape index (κ2) is 5.99. The number of rotatable bonds is 4. The molecule has 98 valence electrons. The zero-order chi connectivity index (χ0) is 13.8. The van der Waals surface area contributed by atoms with Gasteiger partial charge in [-0.05, 0) is 35.9 Å². The Balaban J connectivity index is 2.12. The number of nitrogens with two attached hydrogens (primary N) is 1. The molecule has 0 atom stereocenters. The quantitative estimate of drug-likeness (QED) is 0.662. The highest BCUT2D eigenvalue weighted by Gasteiger charge is 2.07. The summed E-state index contributed by atoms with van der Waals surface area (Å²) in [7, 11) is 0. The van der Waals surface area contributed by atoms with Crippen LogP contribution in [-0.4, -0.2) is 11.1 Å². The fourth-order valence-electron chi connectivity index (χ4n) is 1.53. The molecule has 0 saturated heterocycles. The van der Waals surface area contributed by atoms with E-state index < -0.39 is 5.97 Å². The van der Waals surface area contributed by atoms with Crippen LogP contribution in [0.1, 0.15) is 15.9 Å². The Morgan fingerprint density at radius 2 is 1.89 bits per heavy atom. The molecule has 2 rings (SSSR count). The maximum atomic E-state index is 10.9. The molecule has 0 amide bonds. The molecule has 0 radical (unpaired) electrons. The van der Waals surface area contributed by atoms with Gasteiger partial charge in [-0.25, -0.2) is 4.79 Å². The largest absolute Gasteiger partial charge is 0.478 e. The Hall–Kier alpha value is -1.65. The van der Waals surface area contributed by atoms with Crippen LogP contribution in [0.25, 0.3) is 0 Å². The molecule has 2 aromatic rings. The molecular weight excluding hydrogens is 282 g/mol. The van der Waals surface area contributed by atoms with Crippen molar-refractivity contribution in [1.82, 2.24) is 0 Å². The number of nitrogen functional groups attached to an aromatic ring is 1. The van der Waals surface area contributed by atoms with Gasteiger partial charge in [-0.3, -0.25) is 0 Å². The molecule has 2 aromatic carbocycles. The van der Waals surface area contributed by atoms with Gasteiger partial charge >= 0.3 is 5.97 Å². The highest BCUT2D eigenvalue weighted by molar-refractivity contribution is 7.98. The number of hydrogen-bond acceptors (Lipinski definition) is 3. The fourth-order valence-corrected chi connectivity index (χ4v) is 2.62. The lowest BCUT2D eigenvalue weighted by Gasteiger charge is -2.07. The van der Waals surface area contributed by atoms with Crippen LogP contribution in [0.15, 0.2) is 47.4 Å². The van der Waals surface area contributed by atoms with Crippen molar-refractivity contribution >= 4 is 35.0 Å². The summed E-state index contributed by atoms with van der Waals surface area (Å²) in [5, 5.41) is 9.65. The summed E-state index contributed by atoms with van der Waals surface area (Å²) in [6.45, 7) is 0. The summed E-state index contributed by atoms with van der Waals surface area (Å²) in [6, 6.07) is 12.2. The first-order valence-corrected chi connectivity index (χ1v) is 6.92. The van der Waals surface area contributed by atoms with Crippen LogP contribution in [0.5, 0.6) is 0 Å². The summed E-state index contributed by atoms with van der Waals surface area (Å²) in [6.07, 6.45) is 0. The fraction of sp³-hybridized carbons (Fsp3) is 0.0714. The van der Waals surface area contributed by atoms with Gasteiger partial charge in [-0.15, -0.1) is 11.8 Å². The Labute approximate surface area is 120 Å². The number of hydrogen-bond donors (Lipinski definition) is 2. The van der Waals surface area contributed by atoms with E-state index in [-0.39, 0.29) is 5.56 Å². The average Bonchev–Trinajstić information content (AvgIpc) is 2.39. The molecular formula is C14H12ClNO2S. The Bertz CT molecular complexity index is 599. The standard InChI is InChI=1S/C14H12ClNO2S/c15-11-4-1-9(2-5-11)8-19-13-7-10(14(17)18)3-6-12(13)16/h1-7H,8,16H2,(H,17,18). The van der Waals surface area contributed by atoms with Crippen LogP contribution in [0, 0.1) is 0 Å². The van der Waals surface area contributed by atoms with E-state index in [1.54, 1.807) is 12.1 Å². The van der Waals surface area contributed by atoms with Crippen LogP contribution in [0.3, 0.4) is 0 Å². The van der Waals surface area contributed by atoms with E-state index in [1.165, 1.54) is 17.8 Å². The third kappa shape index (κ3) is 3.66. The van der Waals surface area contributed by atoms with Gasteiger partial charge in [0.2, 0.25) is 0 Å². The molecule has 0 aromatic heterocycles. The Morgan fingerprint density at radius 1 is 1.21 bits per heavy atom. The molecule has 0 fully saturated rings. The molecule has 0 bridgehead atoms. The van der Waals surface area contributed by atoms with Crippen LogP contribution >= 0.6 is 23.4 Å². The van der Waals surface area contributed by atoms with Gasteiger partial charge in [-0.2, -0.15) is 0 Å². The van der Waals surface area contributed by atoms with Crippen LogP contribution in [0.4, 0.5) is 5.69 Å². The molecule has 0 spiro atoms. The predicted molar refractivity (Wildman–Crippen MR) is 78.8 cm³/mol. The summed E-state index contributed by atoms with van der Waals surface area (Å²) < 4.78 is 0. The van der Waals surface area contributed by atoms with Crippen LogP contribution < -0.4 is 5.73 Å². The van der Waals surface area contributed by atoms with Crippen LogP contribution in [-0.2, 0) is 5.75 Å². The highest BCUT2D eigenvalue weighted by atomic mass is 35.5. The van der Waals surface area contributed by atoms with E-state index in [9.17, 15) is 4.79 Å². The maximum Gasteiger partial charge on any atom is 0.335 e. The SMILES string of the molecule is Nc1ccc(C(=O)O)cc1SCc1ccc(Cl)cc1. The topological polar surface area (TPSA) is 63.3 Å². The number of carboxylic acid groups (broad SMARTS) is 1. The van der Waals surface area contributed by atoms with E-state index in [4.69, 9.17) is 22.4 Å². The average molecular weight is 294 g/mol. The third-order valence-electron chi connectivity index (χ3n) is 2.57. The summed E-state index contributed by atoms with van der Waals surface area (Å²) in [5.74, 6) is -0.238. The molecule has 0 aliphatic carbocycles. The molecule has 5 heteroatoms. The van der Waals surface area contributed by atoms with Crippen molar-refractivity contribution in [3.63, 3.8) is 0 Å². The lowest BCUT2D eigenvalue weighted by Crippen LogP contribution is -1.98. The Kier molecular flexibility index (Phi) is 4.35. The molecule has 3 nitrogen and oxygen atoms in total. The summed E-state index contributed by atoms with van der Waals surface area (Å²) >= 11 is 7.32. The van der Waals surface area contributed by atoms with Gasteiger partial charge < -0.3 is 10.8 Å². The zero-order valence-corrected chi connectivity index (χ0v) is 11.5. The second-order valence-corrected chi connectivity index (χ2v) is 5.43. The molecule has 0 aliphatic heterocycles. The second-order valence-electron chi connectivity index (χ2n) is 3.97. The number of benzene rings is 2. The minimum atomic E-state index is -0.951. The Morgan fingerprint density at radius 3 is 2.53 bits per heavy atom. The summed E-state index contributed by atoms with van der Waals surface area (Å²) in [4.78, 5) is 11.7. The molecule has 0 saturated carbocycles. The van der Waals surface area contributed by atoms with Gasteiger partial charge in [0.15, 0.2) is 0 Å². The van der Waals surface area contributed by atoms with E-state index in [0.717, 1.165) is 10.5 Å². The van der Waals surface area contributed by atoms with Gasteiger partial charge in [0.1, 0.15) is 0 Å². The van der Waals surface area contributed by atoms with Crippen molar-refractivity contribution in [1.29, 1.82) is 0 Å². The molecule has 0 heterocycles. The minimum Gasteiger partial charge on any atom is -0.478 e. The summed E-state index contributed by atoms with van der Waals surface area (Å²) in [5.41, 5.74) is 7.78. The monoisotopic (exact) mass is 293 g/mol. The van der Waals surface area contributed by atoms with Crippen molar-refractivity contribution in [2.45, 2.75) is 10.6 Å². The van der Waals surface area contributed by atoms with Gasteiger partial charge in [0.05, 0.1) is 5.56 Å². The first-order valence-electron chi connectivity index (χ1n) is 5.56. The van der Waals surface area contributed by atoms with Crippen molar-refractivity contribution in [2.75, 3.05) is 5.73 Å². The number of anilines is 1. The van der Waals surface area contributed by atoms with Crippen molar-refractivity contribution < 1.29 is 9.90 Å². The van der Waals surface area contributed by atoms with Crippen LogP contribution in [0.2, 0.25) is 5.02 Å². The lowest BCUT2D eigenvalue weighted by molar-refractivity contribution is 0.0696. The predicted octanol–water partition coefficient (Wildman–Crippen LogP) is 3.91. The van der Waals surface area contributed by atoms with Gasteiger partial charge in [0, 0.05) is 21.4 Å². The normalized spacial score (nSPS) is 10.4. The molecule has 0 aliphatic rings. The lowest BCUT2D eigenvalue weighted by atomic mass is 10.2. The third-order valence-corrected chi connectivity index (χ3v) is 3.96. The molecule has 3 N–H and O–H groups in total. The molecule has 19 heavy (non-hydrogen) atoms. The number of carboxylic acids is 1. The van der Waals surface area contributed by atoms with Gasteiger partial charge in [0.25, 0.3) is 0 Å². The zero-order valence-electron chi connectivity index (χ0n) is 9.97. The van der Waals surface area contributed by atoms with Gasteiger partial charge in [-0.1, -0.05) is 23.7 Å². The highest BCUT2D eigenvalue weighted by Crippen LogP contribution is 2.29. The van der Waals surface area contributed by atoms with E-state index >= 15 is 0 Å². The molecule has 0 unspecified atom stereocenters. The first-order chi connectivity index (χ1) is 9.06. The van der Waals surface area contributed by atoms with E-state index in [2.05, 4.69) is 0 Å². The van der Waals surface area contributed by atoms with E-state index in [1.807, 2.05) is 24.3 Å². The van der Waals surface area contributed by atoms with Crippen molar-refractivity contribution in [3.8, 4) is 0 Å². The minimum absolute atomic E-state index is 0.243. The smallest absolute Gasteiger partial charge is 0.335 e. The number of carbonyl (C=O) groups is 1. The number of thioether (sulfide) groups is 1. The first kappa shape index (κ1) is 13.8.